The number of likely N-dealkylation sites (tertiary alicyclic amines) is 1. The Morgan fingerprint density at radius 1 is 1.18 bits per heavy atom. The van der Waals surface area contributed by atoms with Gasteiger partial charge in [-0.1, -0.05) is 12.2 Å². The lowest BCUT2D eigenvalue weighted by Gasteiger charge is -2.26. The van der Waals surface area contributed by atoms with E-state index in [1.807, 2.05) is 0 Å². The summed E-state index contributed by atoms with van der Waals surface area (Å²) >= 11 is 0. The van der Waals surface area contributed by atoms with Crippen LogP contribution in [-0.2, 0) is 23.8 Å². The fraction of sp³-hybridized carbons (Fsp3) is 0.667. The van der Waals surface area contributed by atoms with E-state index >= 15 is 0 Å². The van der Waals surface area contributed by atoms with Gasteiger partial charge in [-0.3, -0.25) is 14.5 Å². The van der Waals surface area contributed by atoms with Gasteiger partial charge in [-0.15, -0.1) is 0 Å². The predicted octanol–water partition coefficient (Wildman–Crippen LogP) is 1.49. The van der Waals surface area contributed by atoms with Crippen molar-refractivity contribution in [1.82, 2.24) is 9.80 Å². The molecule has 1 N–H and O–H groups in total. The van der Waals surface area contributed by atoms with Crippen molar-refractivity contribution >= 4 is 24.1 Å². The number of rotatable bonds is 7. The van der Waals surface area contributed by atoms with Crippen LogP contribution < -0.4 is 0 Å². The lowest BCUT2D eigenvalue weighted by Crippen LogP contribution is -2.45. The Labute approximate surface area is 162 Å². The molecule has 3 unspecified atom stereocenters. The Morgan fingerprint density at radius 2 is 1.86 bits per heavy atom. The van der Waals surface area contributed by atoms with Crippen LogP contribution in [0.1, 0.15) is 38.5 Å². The van der Waals surface area contributed by atoms with Crippen LogP contribution in [0.3, 0.4) is 0 Å². The van der Waals surface area contributed by atoms with Gasteiger partial charge in [0.15, 0.2) is 0 Å². The van der Waals surface area contributed by atoms with Crippen molar-refractivity contribution < 1.29 is 38.5 Å². The van der Waals surface area contributed by atoms with E-state index in [1.54, 1.807) is 4.90 Å². The molecule has 2 heterocycles. The molecule has 154 valence electrons. The summed E-state index contributed by atoms with van der Waals surface area (Å²) in [5.41, 5.74) is 0. The Balaban J connectivity index is 1.52. The smallest absolute Gasteiger partial charge is 0.450 e. The van der Waals surface area contributed by atoms with Crippen molar-refractivity contribution in [2.75, 3.05) is 19.8 Å². The van der Waals surface area contributed by atoms with Gasteiger partial charge in [-0.05, 0) is 25.7 Å². The summed E-state index contributed by atoms with van der Waals surface area (Å²) in [6.07, 6.45) is 4.10. The summed E-state index contributed by atoms with van der Waals surface area (Å²) < 4.78 is 15.6. The van der Waals surface area contributed by atoms with E-state index in [0.29, 0.717) is 0 Å². The monoisotopic (exact) mass is 396 g/mol. The van der Waals surface area contributed by atoms with Crippen molar-refractivity contribution in [3.05, 3.63) is 12.2 Å². The van der Waals surface area contributed by atoms with Gasteiger partial charge in [0.25, 0.3) is 0 Å². The van der Waals surface area contributed by atoms with Gasteiger partial charge in [0.1, 0.15) is 12.7 Å². The lowest BCUT2D eigenvalue weighted by molar-refractivity contribution is -0.155. The third-order valence-corrected chi connectivity index (χ3v) is 5.08. The van der Waals surface area contributed by atoms with Crippen molar-refractivity contribution in [2.24, 2.45) is 0 Å². The van der Waals surface area contributed by atoms with Crippen molar-refractivity contribution in [3.63, 3.8) is 0 Å². The fourth-order valence-corrected chi connectivity index (χ4v) is 3.76. The molecular weight excluding hydrogens is 372 g/mol. The van der Waals surface area contributed by atoms with E-state index in [9.17, 15) is 19.2 Å². The van der Waals surface area contributed by atoms with Gasteiger partial charge in [0.05, 0.1) is 12.6 Å². The molecule has 2 aliphatic heterocycles. The van der Waals surface area contributed by atoms with Gasteiger partial charge in [-0.2, -0.15) is 0 Å². The van der Waals surface area contributed by atoms with Crippen LogP contribution in [0.4, 0.5) is 9.59 Å². The SMILES string of the molecule is O=C(O)OC(COCCN1C(=O)OC2CC/C=C/CCC21)N1C(=O)CCC1=O. The minimum absolute atomic E-state index is 0.0196. The molecule has 3 amide bonds. The highest BCUT2D eigenvalue weighted by Crippen LogP contribution is 2.28. The van der Waals surface area contributed by atoms with Crippen LogP contribution in [0.2, 0.25) is 0 Å². The quantitative estimate of drug-likeness (QED) is 0.297. The van der Waals surface area contributed by atoms with Gasteiger partial charge in [0.2, 0.25) is 18.0 Å². The highest BCUT2D eigenvalue weighted by atomic mass is 16.7. The van der Waals surface area contributed by atoms with Gasteiger partial charge >= 0.3 is 12.2 Å². The molecule has 0 radical (unpaired) electrons. The van der Waals surface area contributed by atoms with Crippen molar-refractivity contribution in [1.29, 1.82) is 0 Å². The average molecular weight is 396 g/mol. The second-order valence-corrected chi connectivity index (χ2v) is 6.88. The topological polar surface area (TPSA) is 123 Å². The molecule has 0 aromatic carbocycles. The van der Waals surface area contributed by atoms with Crippen LogP contribution in [-0.4, -0.2) is 77.1 Å². The van der Waals surface area contributed by atoms with Crippen LogP contribution >= 0.6 is 0 Å². The molecule has 0 bridgehead atoms. The summed E-state index contributed by atoms with van der Waals surface area (Å²) in [7, 11) is 0. The van der Waals surface area contributed by atoms with Crippen LogP contribution in [0.25, 0.3) is 0 Å². The van der Waals surface area contributed by atoms with E-state index in [4.69, 9.17) is 14.6 Å². The lowest BCUT2D eigenvalue weighted by atomic mass is 9.98. The molecule has 0 aromatic rings. The summed E-state index contributed by atoms with van der Waals surface area (Å²) in [6, 6.07) is -0.0196. The maximum atomic E-state index is 12.2. The third kappa shape index (κ3) is 4.61. The van der Waals surface area contributed by atoms with Crippen molar-refractivity contribution in [2.45, 2.75) is 56.9 Å². The maximum absolute atomic E-state index is 12.2. The largest absolute Gasteiger partial charge is 0.507 e. The second kappa shape index (κ2) is 9.05. The number of nitrogens with zero attached hydrogens (tertiary/aromatic N) is 2. The number of fused-ring (bicyclic) bond motifs is 1. The van der Waals surface area contributed by atoms with Crippen LogP contribution in [0, 0.1) is 0 Å². The Morgan fingerprint density at radius 3 is 2.54 bits per heavy atom. The number of allylic oxidation sites excluding steroid dienone is 2. The molecule has 2 fully saturated rings. The van der Waals surface area contributed by atoms with Gasteiger partial charge in [-0.25, -0.2) is 14.5 Å². The number of carboxylic acid groups (broad SMARTS) is 1. The van der Waals surface area contributed by atoms with Crippen LogP contribution in [0.15, 0.2) is 12.2 Å². The molecule has 3 atom stereocenters. The normalized spacial score (nSPS) is 27.1. The number of imide groups is 1. The molecule has 0 spiro atoms. The minimum Gasteiger partial charge on any atom is -0.450 e. The number of hydrogen-bond acceptors (Lipinski definition) is 7. The molecule has 3 aliphatic rings. The number of hydrogen-bond donors (Lipinski definition) is 1. The molecule has 3 rings (SSSR count). The first-order valence-corrected chi connectivity index (χ1v) is 9.42. The van der Waals surface area contributed by atoms with Crippen molar-refractivity contribution in [3.8, 4) is 0 Å². The number of carbonyl (C=O) groups excluding carboxylic acids is 3. The molecule has 1 aliphatic carbocycles. The van der Waals surface area contributed by atoms with Crippen LogP contribution in [0.5, 0.6) is 0 Å². The first-order chi connectivity index (χ1) is 13.5. The third-order valence-electron chi connectivity index (χ3n) is 5.08. The standard InChI is InChI=1S/C18H24N2O8/c21-14-7-8-15(22)20(14)16(28-18(24)25)11-26-10-9-19-12-5-3-1-2-4-6-13(12)27-17(19)23/h1-2,12-13,16H,3-11H2,(H,24,25)/b2-1+. The number of amides is 3. The number of carbonyl (C=O) groups is 4. The maximum Gasteiger partial charge on any atom is 0.507 e. The second-order valence-electron chi connectivity index (χ2n) is 6.88. The number of ether oxygens (including phenoxy) is 3. The Hall–Kier alpha value is -2.62. The molecule has 2 saturated heterocycles. The Bertz CT molecular complexity index is 648. The predicted molar refractivity (Wildman–Crippen MR) is 93.2 cm³/mol. The zero-order valence-electron chi connectivity index (χ0n) is 15.5. The molecular formula is C18H24N2O8. The first-order valence-electron chi connectivity index (χ1n) is 9.42. The van der Waals surface area contributed by atoms with E-state index in [-0.39, 0.29) is 50.8 Å². The van der Waals surface area contributed by atoms with Gasteiger partial charge < -0.3 is 19.3 Å². The molecule has 10 heteroatoms. The summed E-state index contributed by atoms with van der Waals surface area (Å²) in [5, 5.41) is 8.86. The summed E-state index contributed by atoms with van der Waals surface area (Å²) in [5.74, 6) is -0.984. The highest BCUT2D eigenvalue weighted by Gasteiger charge is 2.41. The molecule has 28 heavy (non-hydrogen) atoms. The zero-order chi connectivity index (χ0) is 20.1. The van der Waals surface area contributed by atoms with E-state index in [0.717, 1.165) is 30.6 Å². The van der Waals surface area contributed by atoms with E-state index < -0.39 is 24.2 Å². The molecule has 0 aromatic heterocycles. The van der Waals surface area contributed by atoms with E-state index in [1.165, 1.54) is 0 Å². The first kappa shape index (κ1) is 20.1. The minimum atomic E-state index is -1.60. The molecule has 0 saturated carbocycles. The average Bonchev–Trinajstić information content (AvgIpc) is 3.09. The summed E-state index contributed by atoms with van der Waals surface area (Å²) in [4.78, 5) is 49.1. The Kier molecular flexibility index (Phi) is 6.50. The fourth-order valence-electron chi connectivity index (χ4n) is 3.76. The zero-order valence-corrected chi connectivity index (χ0v) is 15.5. The highest BCUT2D eigenvalue weighted by molar-refractivity contribution is 6.02. The summed E-state index contributed by atoms with van der Waals surface area (Å²) in [6.45, 7) is 0.0821. The van der Waals surface area contributed by atoms with E-state index in [2.05, 4.69) is 16.9 Å². The molecule has 10 nitrogen and oxygen atoms in total. The van der Waals surface area contributed by atoms with Gasteiger partial charge in [0, 0.05) is 19.4 Å².